The maximum absolute atomic E-state index is 10.9. The fourth-order valence-electron chi connectivity index (χ4n) is 2.32. The molecule has 0 N–H and O–H groups in total. The van der Waals surface area contributed by atoms with Crippen LogP contribution in [0.15, 0.2) is 12.2 Å². The summed E-state index contributed by atoms with van der Waals surface area (Å²) in [6.07, 6.45) is 7.06. The van der Waals surface area contributed by atoms with Gasteiger partial charge in [-0.15, -0.1) is 0 Å². The highest BCUT2D eigenvalue weighted by Crippen LogP contribution is 2.43. The molecule has 2 bridgehead atoms. The Hall–Kier alpha value is -0.310. The number of allylic oxidation sites excluding steroid dienone is 2. The third-order valence-electron chi connectivity index (χ3n) is 2.98. The minimum Gasteiger partial charge on any atom is -0.465 e. The van der Waals surface area contributed by atoms with Gasteiger partial charge in [-0.1, -0.05) is 28.1 Å². The molecule has 0 aromatic rings. The van der Waals surface area contributed by atoms with Gasteiger partial charge in [0.25, 0.3) is 0 Å². The monoisotopic (exact) mass is 244 g/mol. The number of ether oxygens (including phenoxy) is 1. The molecule has 1 fully saturated rings. The van der Waals surface area contributed by atoms with Gasteiger partial charge in [0.1, 0.15) is 5.33 Å². The molecule has 1 saturated carbocycles. The predicted octanol–water partition coefficient (Wildman–Crippen LogP) is 2.14. The molecule has 72 valence electrons. The van der Waals surface area contributed by atoms with Gasteiger partial charge in [0.15, 0.2) is 0 Å². The van der Waals surface area contributed by atoms with Crippen molar-refractivity contribution in [1.82, 2.24) is 0 Å². The Morgan fingerprint density at radius 1 is 1.46 bits per heavy atom. The first-order valence-electron chi connectivity index (χ1n) is 4.69. The van der Waals surface area contributed by atoms with Gasteiger partial charge < -0.3 is 4.74 Å². The first kappa shape index (κ1) is 9.25. The summed E-state index contributed by atoms with van der Waals surface area (Å²) >= 11 is 3.08. The fourth-order valence-corrected chi connectivity index (χ4v) is 2.49. The molecule has 0 spiro atoms. The first-order chi connectivity index (χ1) is 6.29. The van der Waals surface area contributed by atoms with Crippen LogP contribution in [0.4, 0.5) is 0 Å². The maximum atomic E-state index is 10.9. The number of hydrogen-bond donors (Lipinski definition) is 0. The van der Waals surface area contributed by atoms with Crippen molar-refractivity contribution in [3.05, 3.63) is 12.2 Å². The Bertz CT molecular complexity index is 237. The summed E-state index contributed by atoms with van der Waals surface area (Å²) in [4.78, 5) is 10.9. The maximum Gasteiger partial charge on any atom is 0.316 e. The topological polar surface area (TPSA) is 26.3 Å². The number of alkyl halides is 1. The molecule has 3 atom stereocenters. The van der Waals surface area contributed by atoms with Gasteiger partial charge in [-0.2, -0.15) is 0 Å². The highest BCUT2D eigenvalue weighted by molar-refractivity contribution is 9.09. The highest BCUT2D eigenvalue weighted by Gasteiger charge is 2.35. The van der Waals surface area contributed by atoms with E-state index in [1.54, 1.807) is 0 Å². The van der Waals surface area contributed by atoms with E-state index in [4.69, 9.17) is 4.74 Å². The molecular weight excluding hydrogens is 232 g/mol. The zero-order valence-corrected chi connectivity index (χ0v) is 9.00. The van der Waals surface area contributed by atoms with Crippen molar-refractivity contribution in [3.8, 4) is 0 Å². The minimum absolute atomic E-state index is 0.147. The Balaban J connectivity index is 1.78. The summed E-state index contributed by atoms with van der Waals surface area (Å²) in [5, 5.41) is 0.309. The number of esters is 1. The third-order valence-corrected chi connectivity index (χ3v) is 3.44. The average Bonchev–Trinajstić information content (AvgIpc) is 2.74. The van der Waals surface area contributed by atoms with E-state index in [9.17, 15) is 4.79 Å². The molecule has 13 heavy (non-hydrogen) atoms. The standard InChI is InChI=1S/C10H13BrO2/c11-5-10(12)13-6-9-4-7-1-2-8(9)3-7/h1-2,7-9H,3-6H2/t7-,8-,9+/m1/s1. The number of fused-ring (bicyclic) bond motifs is 2. The Morgan fingerprint density at radius 3 is 2.85 bits per heavy atom. The van der Waals surface area contributed by atoms with Crippen LogP contribution in [0.25, 0.3) is 0 Å². The van der Waals surface area contributed by atoms with Gasteiger partial charge in [0.05, 0.1) is 6.61 Å². The van der Waals surface area contributed by atoms with Crippen LogP contribution in [-0.2, 0) is 9.53 Å². The minimum atomic E-state index is -0.147. The largest absolute Gasteiger partial charge is 0.465 e. The molecule has 0 saturated heterocycles. The second-order valence-corrected chi connectivity index (χ2v) is 4.42. The van der Waals surface area contributed by atoms with E-state index in [1.165, 1.54) is 12.8 Å². The zero-order valence-electron chi connectivity index (χ0n) is 7.41. The van der Waals surface area contributed by atoms with Crippen molar-refractivity contribution >= 4 is 21.9 Å². The molecule has 2 aliphatic rings. The molecule has 2 nitrogen and oxygen atoms in total. The van der Waals surface area contributed by atoms with Crippen LogP contribution in [0.2, 0.25) is 0 Å². The lowest BCUT2D eigenvalue weighted by molar-refractivity contribution is -0.141. The van der Waals surface area contributed by atoms with Crippen LogP contribution in [-0.4, -0.2) is 17.9 Å². The van der Waals surface area contributed by atoms with E-state index in [1.807, 2.05) is 0 Å². The van der Waals surface area contributed by atoms with Crippen molar-refractivity contribution in [1.29, 1.82) is 0 Å². The molecule has 0 unspecified atom stereocenters. The second kappa shape index (κ2) is 3.82. The Kier molecular flexibility index (Phi) is 2.72. The van der Waals surface area contributed by atoms with Crippen molar-refractivity contribution in [3.63, 3.8) is 0 Å². The van der Waals surface area contributed by atoms with Gasteiger partial charge >= 0.3 is 5.97 Å². The third kappa shape index (κ3) is 1.96. The molecule has 0 radical (unpaired) electrons. The molecule has 0 aromatic carbocycles. The lowest BCUT2D eigenvalue weighted by atomic mass is 9.95. The van der Waals surface area contributed by atoms with Crippen molar-refractivity contribution in [2.24, 2.45) is 17.8 Å². The Labute approximate surface area is 86.5 Å². The molecule has 0 amide bonds. The summed E-state index contributed by atoms with van der Waals surface area (Å²) < 4.78 is 5.11. The van der Waals surface area contributed by atoms with Gasteiger partial charge in [-0.25, -0.2) is 0 Å². The van der Waals surface area contributed by atoms with Crippen molar-refractivity contribution in [2.45, 2.75) is 12.8 Å². The SMILES string of the molecule is O=C(CBr)OC[C@@H]1C[C@@H]2C=C[C@@H]1C2. The highest BCUT2D eigenvalue weighted by atomic mass is 79.9. The molecular formula is C10H13BrO2. The first-order valence-corrected chi connectivity index (χ1v) is 5.81. The Morgan fingerprint density at radius 2 is 2.31 bits per heavy atom. The van der Waals surface area contributed by atoms with Crippen LogP contribution < -0.4 is 0 Å². The normalized spacial score (nSPS) is 35.3. The van der Waals surface area contributed by atoms with Crippen molar-refractivity contribution < 1.29 is 9.53 Å². The van der Waals surface area contributed by atoms with Crippen LogP contribution >= 0.6 is 15.9 Å². The summed E-state index contributed by atoms with van der Waals surface area (Å²) in [6, 6.07) is 0. The van der Waals surface area contributed by atoms with Crippen LogP contribution in [0.1, 0.15) is 12.8 Å². The molecule has 2 rings (SSSR count). The van der Waals surface area contributed by atoms with Crippen LogP contribution in [0, 0.1) is 17.8 Å². The molecule has 2 aliphatic carbocycles. The molecule has 0 aromatic heterocycles. The summed E-state index contributed by atoms with van der Waals surface area (Å²) in [7, 11) is 0. The molecule has 3 heteroatoms. The predicted molar refractivity (Wildman–Crippen MR) is 53.6 cm³/mol. The van der Waals surface area contributed by atoms with E-state index in [0.717, 1.165) is 5.92 Å². The lowest BCUT2D eigenvalue weighted by Gasteiger charge is -2.17. The van der Waals surface area contributed by atoms with E-state index in [0.29, 0.717) is 23.8 Å². The van der Waals surface area contributed by atoms with E-state index >= 15 is 0 Å². The van der Waals surface area contributed by atoms with E-state index < -0.39 is 0 Å². The zero-order chi connectivity index (χ0) is 9.26. The van der Waals surface area contributed by atoms with Gasteiger partial charge in [-0.05, 0) is 30.6 Å². The number of rotatable bonds is 3. The van der Waals surface area contributed by atoms with Crippen LogP contribution in [0.5, 0.6) is 0 Å². The summed E-state index contributed by atoms with van der Waals surface area (Å²) in [5.74, 6) is 1.87. The number of hydrogen-bond acceptors (Lipinski definition) is 2. The summed E-state index contributed by atoms with van der Waals surface area (Å²) in [5.41, 5.74) is 0. The number of carbonyl (C=O) groups excluding carboxylic acids is 1. The lowest BCUT2D eigenvalue weighted by Crippen LogP contribution is -2.18. The average molecular weight is 245 g/mol. The van der Waals surface area contributed by atoms with Gasteiger partial charge in [0.2, 0.25) is 0 Å². The number of carbonyl (C=O) groups is 1. The molecule has 0 heterocycles. The van der Waals surface area contributed by atoms with E-state index in [2.05, 4.69) is 28.1 Å². The summed E-state index contributed by atoms with van der Waals surface area (Å²) in [6.45, 7) is 0.607. The second-order valence-electron chi connectivity index (χ2n) is 3.86. The quantitative estimate of drug-likeness (QED) is 0.432. The van der Waals surface area contributed by atoms with Crippen LogP contribution in [0.3, 0.4) is 0 Å². The van der Waals surface area contributed by atoms with E-state index in [-0.39, 0.29) is 5.97 Å². The smallest absolute Gasteiger partial charge is 0.316 e. The fraction of sp³-hybridized carbons (Fsp3) is 0.700. The number of halogens is 1. The van der Waals surface area contributed by atoms with Gasteiger partial charge in [-0.3, -0.25) is 4.79 Å². The molecule has 0 aliphatic heterocycles. The van der Waals surface area contributed by atoms with Gasteiger partial charge in [0, 0.05) is 0 Å². The van der Waals surface area contributed by atoms with Crippen molar-refractivity contribution in [2.75, 3.05) is 11.9 Å².